The van der Waals surface area contributed by atoms with Crippen molar-refractivity contribution in [1.29, 1.82) is 0 Å². The lowest BCUT2D eigenvalue weighted by Crippen LogP contribution is -2.35. The number of rotatable bonds is 7. The highest BCUT2D eigenvalue weighted by atomic mass is 32.2. The van der Waals surface area contributed by atoms with Gasteiger partial charge in [-0.25, -0.2) is 13.1 Å². The predicted molar refractivity (Wildman–Crippen MR) is 85.5 cm³/mol. The number of aryl methyl sites for hydroxylation is 1. The minimum atomic E-state index is -3.48. The van der Waals surface area contributed by atoms with Crippen molar-refractivity contribution >= 4 is 10.0 Å². The van der Waals surface area contributed by atoms with Crippen molar-refractivity contribution in [1.82, 2.24) is 4.72 Å². The van der Waals surface area contributed by atoms with Crippen LogP contribution in [0.2, 0.25) is 0 Å². The van der Waals surface area contributed by atoms with Gasteiger partial charge in [0.15, 0.2) is 0 Å². The number of sulfonamides is 1. The highest BCUT2D eigenvalue weighted by molar-refractivity contribution is 7.89. The predicted octanol–water partition coefficient (Wildman–Crippen LogP) is 2.62. The summed E-state index contributed by atoms with van der Waals surface area (Å²) in [6, 6.07) is 3.69. The Morgan fingerprint density at radius 3 is 2.52 bits per heavy atom. The Kier molecular flexibility index (Phi) is 5.07. The first-order chi connectivity index (χ1) is 9.87. The quantitative estimate of drug-likeness (QED) is 0.813. The van der Waals surface area contributed by atoms with Gasteiger partial charge in [-0.2, -0.15) is 0 Å². The van der Waals surface area contributed by atoms with Crippen LogP contribution in [0.1, 0.15) is 49.3 Å². The van der Waals surface area contributed by atoms with Gasteiger partial charge in [0.25, 0.3) is 0 Å². The summed E-state index contributed by atoms with van der Waals surface area (Å²) < 4.78 is 28.3. The maximum Gasteiger partial charge on any atom is 0.241 e. The minimum absolute atomic E-state index is 0.0312. The Bertz CT molecular complexity index is 607. The number of hydrogen-bond acceptors (Lipinski definition) is 3. The fourth-order valence-corrected chi connectivity index (χ4v) is 4.33. The summed E-state index contributed by atoms with van der Waals surface area (Å²) in [6.07, 6.45) is 4.24. The van der Waals surface area contributed by atoms with Gasteiger partial charge in [-0.05, 0) is 55.4 Å². The molecule has 1 aromatic rings. The van der Waals surface area contributed by atoms with Crippen molar-refractivity contribution in [3.63, 3.8) is 0 Å². The highest BCUT2D eigenvalue weighted by Gasteiger charge is 2.28. The molecule has 0 spiro atoms. The largest absolute Gasteiger partial charge is 0.326 e. The molecule has 0 aliphatic heterocycles. The van der Waals surface area contributed by atoms with Crippen LogP contribution in [0.15, 0.2) is 17.0 Å². The molecule has 5 heteroatoms. The molecule has 21 heavy (non-hydrogen) atoms. The van der Waals surface area contributed by atoms with E-state index < -0.39 is 10.0 Å². The maximum absolute atomic E-state index is 12.7. The Morgan fingerprint density at radius 2 is 2.00 bits per heavy atom. The zero-order chi connectivity index (χ0) is 15.6. The third-order valence-electron chi connectivity index (χ3n) is 4.33. The lowest BCUT2D eigenvalue weighted by molar-refractivity contribution is 0.495. The molecule has 0 heterocycles. The van der Waals surface area contributed by atoms with Gasteiger partial charge in [0.1, 0.15) is 0 Å². The molecule has 3 N–H and O–H groups in total. The van der Waals surface area contributed by atoms with E-state index in [-0.39, 0.29) is 6.04 Å². The molecule has 1 atom stereocenters. The second kappa shape index (κ2) is 6.46. The van der Waals surface area contributed by atoms with E-state index in [0.29, 0.717) is 17.4 Å². The molecule has 1 fully saturated rings. The van der Waals surface area contributed by atoms with Gasteiger partial charge in [0.05, 0.1) is 4.90 Å². The number of hydrogen-bond donors (Lipinski definition) is 2. The van der Waals surface area contributed by atoms with Crippen LogP contribution in [0, 0.1) is 19.8 Å². The van der Waals surface area contributed by atoms with Gasteiger partial charge in [-0.15, -0.1) is 0 Å². The summed E-state index contributed by atoms with van der Waals surface area (Å²) >= 11 is 0. The number of nitrogens with two attached hydrogens (primary N) is 1. The maximum atomic E-state index is 12.7. The van der Waals surface area contributed by atoms with Crippen LogP contribution in [0.25, 0.3) is 0 Å². The van der Waals surface area contributed by atoms with E-state index in [1.165, 1.54) is 12.8 Å². The molecule has 0 radical (unpaired) electrons. The lowest BCUT2D eigenvalue weighted by Gasteiger charge is -2.19. The monoisotopic (exact) mass is 310 g/mol. The summed E-state index contributed by atoms with van der Waals surface area (Å²) in [7, 11) is -3.48. The molecular weight excluding hydrogens is 284 g/mol. The highest BCUT2D eigenvalue weighted by Crippen LogP contribution is 2.34. The first-order valence-electron chi connectivity index (χ1n) is 7.70. The van der Waals surface area contributed by atoms with Crippen LogP contribution in [0.3, 0.4) is 0 Å². The third-order valence-corrected chi connectivity index (χ3v) is 5.98. The molecule has 0 bridgehead atoms. The van der Waals surface area contributed by atoms with Gasteiger partial charge < -0.3 is 5.73 Å². The SMILES string of the molecule is CCC(CC1CC1)NS(=O)(=O)c1cc(CN)cc(C)c1C. The van der Waals surface area contributed by atoms with Crippen LogP contribution in [-0.2, 0) is 16.6 Å². The number of benzene rings is 1. The van der Waals surface area contributed by atoms with Gasteiger partial charge >= 0.3 is 0 Å². The van der Waals surface area contributed by atoms with E-state index in [1.54, 1.807) is 6.07 Å². The van der Waals surface area contributed by atoms with Gasteiger partial charge in [0.2, 0.25) is 10.0 Å². The topological polar surface area (TPSA) is 72.2 Å². The van der Waals surface area contributed by atoms with Crippen molar-refractivity contribution in [2.75, 3.05) is 0 Å². The van der Waals surface area contributed by atoms with E-state index in [0.717, 1.165) is 29.5 Å². The second-order valence-electron chi connectivity index (χ2n) is 6.15. The molecule has 1 saturated carbocycles. The zero-order valence-corrected chi connectivity index (χ0v) is 14.0. The normalized spacial score (nSPS) is 17.0. The fourth-order valence-electron chi connectivity index (χ4n) is 2.63. The molecule has 118 valence electrons. The summed E-state index contributed by atoms with van der Waals surface area (Å²) in [4.78, 5) is 0.372. The Balaban J connectivity index is 2.27. The van der Waals surface area contributed by atoms with E-state index in [2.05, 4.69) is 4.72 Å². The molecule has 4 nitrogen and oxygen atoms in total. The first kappa shape index (κ1) is 16.5. The molecule has 0 saturated heterocycles. The van der Waals surface area contributed by atoms with E-state index in [9.17, 15) is 8.42 Å². The summed E-state index contributed by atoms with van der Waals surface area (Å²) in [5.74, 6) is 0.704. The zero-order valence-electron chi connectivity index (χ0n) is 13.1. The number of nitrogens with one attached hydrogen (secondary N) is 1. The smallest absolute Gasteiger partial charge is 0.241 e. The van der Waals surface area contributed by atoms with Crippen molar-refractivity contribution in [3.05, 3.63) is 28.8 Å². The van der Waals surface area contributed by atoms with Crippen LogP contribution in [-0.4, -0.2) is 14.5 Å². The van der Waals surface area contributed by atoms with E-state index in [1.807, 2.05) is 26.8 Å². The fraction of sp³-hybridized carbons (Fsp3) is 0.625. The summed E-state index contributed by atoms with van der Waals surface area (Å²) in [5, 5.41) is 0. The van der Waals surface area contributed by atoms with Crippen molar-refractivity contribution in [3.8, 4) is 0 Å². The lowest BCUT2D eigenvalue weighted by atomic mass is 10.1. The van der Waals surface area contributed by atoms with Crippen LogP contribution >= 0.6 is 0 Å². The van der Waals surface area contributed by atoms with Crippen molar-refractivity contribution in [2.24, 2.45) is 11.7 Å². The van der Waals surface area contributed by atoms with E-state index >= 15 is 0 Å². The Morgan fingerprint density at radius 1 is 1.33 bits per heavy atom. The van der Waals surface area contributed by atoms with E-state index in [4.69, 9.17) is 5.73 Å². The third kappa shape index (κ3) is 4.05. The Labute approximate surface area is 128 Å². The summed E-state index contributed by atoms with van der Waals surface area (Å²) in [6.45, 7) is 6.16. The van der Waals surface area contributed by atoms with Gasteiger partial charge in [-0.1, -0.05) is 25.8 Å². The first-order valence-corrected chi connectivity index (χ1v) is 9.18. The average molecular weight is 310 g/mol. The molecule has 0 amide bonds. The van der Waals surface area contributed by atoms with Crippen LogP contribution < -0.4 is 10.5 Å². The van der Waals surface area contributed by atoms with Crippen LogP contribution in [0.5, 0.6) is 0 Å². The molecule has 1 aromatic carbocycles. The molecular formula is C16H26N2O2S. The van der Waals surface area contributed by atoms with Crippen molar-refractivity contribution < 1.29 is 8.42 Å². The molecule has 1 aliphatic rings. The Hall–Kier alpha value is -0.910. The average Bonchev–Trinajstić information content (AvgIpc) is 3.24. The minimum Gasteiger partial charge on any atom is -0.326 e. The summed E-state index contributed by atoms with van der Waals surface area (Å²) in [5.41, 5.74) is 8.30. The molecule has 2 rings (SSSR count). The van der Waals surface area contributed by atoms with Gasteiger partial charge in [-0.3, -0.25) is 0 Å². The van der Waals surface area contributed by atoms with Gasteiger partial charge in [0, 0.05) is 12.6 Å². The molecule has 1 unspecified atom stereocenters. The van der Waals surface area contributed by atoms with Crippen LogP contribution in [0.4, 0.5) is 0 Å². The standard InChI is InChI=1S/C16H26N2O2S/c1-4-15(8-13-5-6-13)18-21(19,20)16-9-14(10-17)7-11(2)12(16)3/h7,9,13,15,18H,4-6,8,10,17H2,1-3H3. The molecule has 0 aromatic heterocycles. The second-order valence-corrected chi connectivity index (χ2v) is 7.83. The van der Waals surface area contributed by atoms with Crippen molar-refractivity contribution in [2.45, 2.75) is 63.9 Å². The molecule has 1 aliphatic carbocycles.